The van der Waals surface area contributed by atoms with Gasteiger partial charge in [-0.2, -0.15) is 10.4 Å². The first kappa shape index (κ1) is 18.1. The van der Waals surface area contributed by atoms with Gasteiger partial charge in [0.15, 0.2) is 0 Å². The van der Waals surface area contributed by atoms with Crippen LogP contribution in [0.15, 0.2) is 65.9 Å². The molecule has 0 atom stereocenters. The second kappa shape index (κ2) is 8.59. The van der Waals surface area contributed by atoms with Crippen LogP contribution in [0, 0.1) is 11.3 Å². The summed E-state index contributed by atoms with van der Waals surface area (Å²) >= 11 is 0. The first-order valence-electron chi connectivity index (χ1n) is 8.60. The Hall–Kier alpha value is -3.72. The first-order valence-corrected chi connectivity index (χ1v) is 8.60. The average molecular weight is 358 g/mol. The van der Waals surface area contributed by atoms with Crippen molar-refractivity contribution in [3.63, 3.8) is 0 Å². The number of carbonyl (C=O) groups is 1. The Morgan fingerprint density at radius 3 is 2.63 bits per heavy atom. The number of hydrogen-bond acceptors (Lipinski definition) is 5. The molecule has 1 aromatic heterocycles. The van der Waals surface area contributed by atoms with Crippen molar-refractivity contribution in [1.82, 2.24) is 9.78 Å². The molecule has 2 aromatic carbocycles. The predicted molar refractivity (Wildman–Crippen MR) is 102 cm³/mol. The molecule has 0 radical (unpaired) electrons. The molecule has 3 aromatic rings. The standard InChI is InChI=1S/C21H18N4O2/c1-2-6-20-19(15-23-25(20)18-7-4-3-5-8-18)21(26)27-24-14-17-11-9-16(13-22)10-12-17/h3-5,7-12,14-15H,2,6H2,1H3. The Labute approximate surface area is 157 Å². The maximum absolute atomic E-state index is 12.4. The molecule has 0 amide bonds. The maximum atomic E-state index is 12.4. The SMILES string of the molecule is CCCc1c(C(=O)ON=Cc2ccc(C#N)cc2)cnn1-c1ccccc1. The van der Waals surface area contributed by atoms with Crippen LogP contribution < -0.4 is 0 Å². The number of oxime groups is 1. The topological polar surface area (TPSA) is 80.3 Å². The van der Waals surface area contributed by atoms with Gasteiger partial charge < -0.3 is 4.84 Å². The molecule has 0 saturated heterocycles. The third-order valence-electron chi connectivity index (χ3n) is 3.95. The molecular formula is C21H18N4O2. The minimum Gasteiger partial charge on any atom is -0.313 e. The molecule has 6 heteroatoms. The highest BCUT2D eigenvalue weighted by Crippen LogP contribution is 2.18. The van der Waals surface area contributed by atoms with E-state index in [0.717, 1.165) is 23.4 Å². The highest BCUT2D eigenvalue weighted by atomic mass is 16.7. The molecule has 0 unspecified atom stereocenters. The van der Waals surface area contributed by atoms with Gasteiger partial charge in [0.1, 0.15) is 5.56 Å². The van der Waals surface area contributed by atoms with E-state index in [1.165, 1.54) is 12.4 Å². The third-order valence-corrected chi connectivity index (χ3v) is 3.95. The van der Waals surface area contributed by atoms with Crippen molar-refractivity contribution in [2.75, 3.05) is 0 Å². The molecule has 0 aliphatic heterocycles. The predicted octanol–water partition coefficient (Wildman–Crippen LogP) is 3.89. The number of nitriles is 1. The van der Waals surface area contributed by atoms with E-state index in [1.54, 1.807) is 28.9 Å². The van der Waals surface area contributed by atoms with Gasteiger partial charge in [-0.25, -0.2) is 9.48 Å². The van der Waals surface area contributed by atoms with Crippen LogP contribution >= 0.6 is 0 Å². The van der Waals surface area contributed by atoms with Gasteiger partial charge >= 0.3 is 5.97 Å². The number of benzene rings is 2. The zero-order valence-corrected chi connectivity index (χ0v) is 14.9. The van der Waals surface area contributed by atoms with Crippen LogP contribution in [0.25, 0.3) is 5.69 Å². The van der Waals surface area contributed by atoms with E-state index < -0.39 is 5.97 Å². The maximum Gasteiger partial charge on any atom is 0.369 e. The summed E-state index contributed by atoms with van der Waals surface area (Å²) in [7, 11) is 0. The van der Waals surface area contributed by atoms with E-state index in [-0.39, 0.29) is 0 Å². The second-order valence-corrected chi connectivity index (χ2v) is 5.85. The monoisotopic (exact) mass is 358 g/mol. The second-order valence-electron chi connectivity index (χ2n) is 5.85. The molecule has 0 spiro atoms. The smallest absolute Gasteiger partial charge is 0.313 e. The number of aromatic nitrogens is 2. The Morgan fingerprint density at radius 2 is 1.96 bits per heavy atom. The van der Waals surface area contributed by atoms with E-state index in [0.29, 0.717) is 17.5 Å². The molecule has 6 nitrogen and oxygen atoms in total. The lowest BCUT2D eigenvalue weighted by atomic mass is 10.1. The lowest BCUT2D eigenvalue weighted by molar-refractivity contribution is 0.0518. The van der Waals surface area contributed by atoms with Crippen molar-refractivity contribution >= 4 is 12.2 Å². The van der Waals surface area contributed by atoms with Gasteiger partial charge in [-0.05, 0) is 36.2 Å². The number of para-hydroxylation sites is 1. The van der Waals surface area contributed by atoms with Gasteiger partial charge in [0.05, 0.1) is 35.4 Å². The quantitative estimate of drug-likeness (QED) is 0.380. The van der Waals surface area contributed by atoms with E-state index in [2.05, 4.69) is 10.3 Å². The average Bonchev–Trinajstić information content (AvgIpc) is 3.13. The molecule has 0 aliphatic rings. The summed E-state index contributed by atoms with van der Waals surface area (Å²) in [6, 6.07) is 18.5. The fourth-order valence-electron chi connectivity index (χ4n) is 2.64. The van der Waals surface area contributed by atoms with Crippen LogP contribution in [0.3, 0.4) is 0 Å². The van der Waals surface area contributed by atoms with E-state index >= 15 is 0 Å². The molecule has 0 fully saturated rings. The van der Waals surface area contributed by atoms with Crippen molar-refractivity contribution < 1.29 is 9.63 Å². The lowest BCUT2D eigenvalue weighted by Gasteiger charge is -2.07. The van der Waals surface area contributed by atoms with Gasteiger partial charge in [0, 0.05) is 0 Å². The fraction of sp³-hybridized carbons (Fsp3) is 0.143. The summed E-state index contributed by atoms with van der Waals surface area (Å²) in [5.41, 5.74) is 3.37. The van der Waals surface area contributed by atoms with Gasteiger partial charge in [-0.1, -0.05) is 48.8 Å². The number of rotatable bonds is 6. The molecule has 0 N–H and O–H groups in total. The van der Waals surface area contributed by atoms with Crippen molar-refractivity contribution in [2.24, 2.45) is 5.16 Å². The van der Waals surface area contributed by atoms with Gasteiger partial charge in [0.2, 0.25) is 0 Å². The van der Waals surface area contributed by atoms with Crippen LogP contribution in [0.1, 0.15) is 40.5 Å². The first-order chi connectivity index (χ1) is 13.2. The van der Waals surface area contributed by atoms with Crippen LogP contribution in [0.4, 0.5) is 0 Å². The van der Waals surface area contributed by atoms with Gasteiger partial charge in [0.25, 0.3) is 0 Å². The molecule has 0 bridgehead atoms. The van der Waals surface area contributed by atoms with E-state index in [4.69, 9.17) is 10.1 Å². The molecule has 0 aliphatic carbocycles. The summed E-state index contributed by atoms with van der Waals surface area (Å²) in [5.74, 6) is -0.550. The molecule has 3 rings (SSSR count). The minimum absolute atomic E-state index is 0.401. The highest BCUT2D eigenvalue weighted by Gasteiger charge is 2.19. The van der Waals surface area contributed by atoms with Crippen molar-refractivity contribution in [3.8, 4) is 11.8 Å². The van der Waals surface area contributed by atoms with E-state index in [1.807, 2.05) is 43.3 Å². The van der Waals surface area contributed by atoms with E-state index in [9.17, 15) is 4.79 Å². The number of hydrogen-bond donors (Lipinski definition) is 0. The molecule has 0 saturated carbocycles. The summed E-state index contributed by atoms with van der Waals surface area (Å²) in [6.45, 7) is 2.04. The summed E-state index contributed by atoms with van der Waals surface area (Å²) in [6.07, 6.45) is 4.50. The Morgan fingerprint density at radius 1 is 1.22 bits per heavy atom. The third kappa shape index (κ3) is 4.28. The van der Waals surface area contributed by atoms with Crippen molar-refractivity contribution in [3.05, 3.63) is 83.2 Å². The highest BCUT2D eigenvalue weighted by molar-refractivity contribution is 5.91. The van der Waals surface area contributed by atoms with Gasteiger partial charge in [-0.15, -0.1) is 0 Å². The Kier molecular flexibility index (Phi) is 5.75. The number of nitrogens with zero attached hydrogens (tertiary/aromatic N) is 4. The number of carbonyl (C=O) groups excluding carboxylic acids is 1. The summed E-state index contributed by atoms with van der Waals surface area (Å²) < 4.78 is 1.75. The molecular weight excluding hydrogens is 340 g/mol. The fourth-order valence-corrected chi connectivity index (χ4v) is 2.64. The zero-order chi connectivity index (χ0) is 19.1. The van der Waals surface area contributed by atoms with Crippen molar-refractivity contribution in [2.45, 2.75) is 19.8 Å². The summed E-state index contributed by atoms with van der Waals surface area (Å²) in [4.78, 5) is 17.5. The normalized spacial score (nSPS) is 10.7. The van der Waals surface area contributed by atoms with Crippen LogP contribution in [-0.4, -0.2) is 22.0 Å². The lowest BCUT2D eigenvalue weighted by Crippen LogP contribution is -2.08. The largest absolute Gasteiger partial charge is 0.369 e. The minimum atomic E-state index is -0.550. The van der Waals surface area contributed by atoms with Crippen LogP contribution in [-0.2, 0) is 11.3 Å². The van der Waals surface area contributed by atoms with Crippen LogP contribution in [0.5, 0.6) is 0 Å². The van der Waals surface area contributed by atoms with Crippen molar-refractivity contribution in [1.29, 1.82) is 5.26 Å². The Bertz CT molecular complexity index is 983. The zero-order valence-electron chi connectivity index (χ0n) is 14.9. The van der Waals surface area contributed by atoms with Gasteiger partial charge in [-0.3, -0.25) is 0 Å². The van der Waals surface area contributed by atoms with Crippen LogP contribution in [0.2, 0.25) is 0 Å². The molecule has 27 heavy (non-hydrogen) atoms. The molecule has 1 heterocycles. The molecule has 134 valence electrons. The summed E-state index contributed by atoms with van der Waals surface area (Å²) in [5, 5.41) is 16.9. The Balaban J connectivity index is 1.77.